The predicted octanol–water partition coefficient (Wildman–Crippen LogP) is 6.33. The van der Waals surface area contributed by atoms with Gasteiger partial charge >= 0.3 is 0 Å². The number of aromatic nitrogens is 2. The number of amides is 1. The maximum atomic E-state index is 12.8. The fourth-order valence-corrected chi connectivity index (χ4v) is 4.77. The second kappa shape index (κ2) is 8.99. The summed E-state index contributed by atoms with van der Waals surface area (Å²) in [4.78, 5) is 22.5. The molecule has 0 aliphatic heterocycles. The Labute approximate surface area is 189 Å². The SMILES string of the molecule is Cc1cccc(OCc2nc(C)c(C(=O)Nc3nc(-c4cc(C)ccc4C)cs3)s2)c1. The van der Waals surface area contributed by atoms with Crippen LogP contribution in [0, 0.1) is 27.7 Å². The van der Waals surface area contributed by atoms with Crippen molar-refractivity contribution in [3.63, 3.8) is 0 Å². The van der Waals surface area contributed by atoms with Crippen LogP contribution in [0.5, 0.6) is 5.75 Å². The number of nitrogens with zero attached hydrogens (tertiary/aromatic N) is 2. The molecular formula is C24H23N3O2S2. The quantitative estimate of drug-likeness (QED) is 0.373. The number of hydrogen-bond donors (Lipinski definition) is 1. The largest absolute Gasteiger partial charge is 0.486 e. The molecule has 0 fully saturated rings. The van der Waals surface area contributed by atoms with Gasteiger partial charge in [-0.1, -0.05) is 29.8 Å². The van der Waals surface area contributed by atoms with Crippen LogP contribution in [-0.2, 0) is 6.61 Å². The number of thiazole rings is 2. The van der Waals surface area contributed by atoms with E-state index in [0.29, 0.717) is 22.3 Å². The first-order valence-electron chi connectivity index (χ1n) is 9.89. The number of ether oxygens (including phenoxy) is 1. The molecule has 0 unspecified atom stereocenters. The Balaban J connectivity index is 1.44. The normalized spacial score (nSPS) is 10.8. The molecule has 1 N–H and O–H groups in total. The molecular weight excluding hydrogens is 426 g/mol. The molecule has 5 nitrogen and oxygen atoms in total. The van der Waals surface area contributed by atoms with Gasteiger partial charge in [-0.15, -0.1) is 22.7 Å². The molecule has 4 aromatic rings. The van der Waals surface area contributed by atoms with E-state index in [1.807, 2.05) is 43.5 Å². The van der Waals surface area contributed by atoms with Gasteiger partial charge in [-0.2, -0.15) is 0 Å². The van der Waals surface area contributed by atoms with Gasteiger partial charge in [0, 0.05) is 10.9 Å². The first-order valence-corrected chi connectivity index (χ1v) is 11.6. The highest BCUT2D eigenvalue weighted by atomic mass is 32.1. The Kier molecular flexibility index (Phi) is 6.15. The molecule has 2 aromatic heterocycles. The Morgan fingerprint density at radius 2 is 1.84 bits per heavy atom. The van der Waals surface area contributed by atoms with Crippen molar-refractivity contribution in [2.75, 3.05) is 5.32 Å². The number of hydrogen-bond acceptors (Lipinski definition) is 6. The van der Waals surface area contributed by atoms with Crippen LogP contribution in [0.15, 0.2) is 47.8 Å². The molecule has 2 heterocycles. The maximum absolute atomic E-state index is 12.8. The summed E-state index contributed by atoms with van der Waals surface area (Å²) < 4.78 is 5.82. The second-order valence-electron chi connectivity index (χ2n) is 7.44. The number of aryl methyl sites for hydroxylation is 4. The third-order valence-corrected chi connectivity index (χ3v) is 6.68. The minimum Gasteiger partial charge on any atom is -0.486 e. The fourth-order valence-electron chi connectivity index (χ4n) is 3.20. The standard InChI is InChI=1S/C24H23N3O2S2/c1-14-6-5-7-18(10-14)29-12-21-25-17(4)22(31-21)23(28)27-24-26-20(13-30-24)19-11-15(2)8-9-16(19)3/h5-11,13H,12H2,1-4H3,(H,26,27,28). The van der Waals surface area contributed by atoms with Crippen LogP contribution < -0.4 is 10.1 Å². The lowest BCUT2D eigenvalue weighted by Crippen LogP contribution is -2.11. The molecule has 7 heteroatoms. The molecule has 158 valence electrons. The van der Waals surface area contributed by atoms with Crippen molar-refractivity contribution in [1.29, 1.82) is 0 Å². The Bertz CT molecular complexity index is 1240. The summed E-state index contributed by atoms with van der Waals surface area (Å²) in [5.74, 6) is 0.597. The van der Waals surface area contributed by atoms with E-state index in [9.17, 15) is 4.79 Å². The average molecular weight is 450 g/mol. The summed E-state index contributed by atoms with van der Waals surface area (Å²) in [7, 11) is 0. The molecule has 0 saturated carbocycles. The van der Waals surface area contributed by atoms with Gasteiger partial charge < -0.3 is 4.74 Å². The topological polar surface area (TPSA) is 64.1 Å². The molecule has 0 radical (unpaired) electrons. The minimum atomic E-state index is -0.196. The zero-order valence-corrected chi connectivity index (χ0v) is 19.5. The molecule has 2 aromatic carbocycles. The summed E-state index contributed by atoms with van der Waals surface area (Å²) in [6.07, 6.45) is 0. The third-order valence-electron chi connectivity index (χ3n) is 4.79. The zero-order valence-electron chi connectivity index (χ0n) is 17.9. The molecule has 0 saturated heterocycles. The van der Waals surface area contributed by atoms with Crippen LogP contribution in [0.3, 0.4) is 0 Å². The van der Waals surface area contributed by atoms with Crippen LogP contribution in [0.1, 0.15) is 37.1 Å². The van der Waals surface area contributed by atoms with E-state index in [1.54, 1.807) is 0 Å². The average Bonchev–Trinajstić information content (AvgIpc) is 3.34. The first-order chi connectivity index (χ1) is 14.9. The van der Waals surface area contributed by atoms with Gasteiger partial charge in [0.1, 0.15) is 22.2 Å². The van der Waals surface area contributed by atoms with E-state index in [4.69, 9.17) is 4.74 Å². The van der Waals surface area contributed by atoms with Crippen LogP contribution in [-0.4, -0.2) is 15.9 Å². The van der Waals surface area contributed by atoms with Gasteiger partial charge in [-0.3, -0.25) is 10.1 Å². The minimum absolute atomic E-state index is 0.196. The lowest BCUT2D eigenvalue weighted by molar-refractivity contribution is 0.103. The molecule has 31 heavy (non-hydrogen) atoms. The van der Waals surface area contributed by atoms with Crippen LogP contribution in [0.25, 0.3) is 11.3 Å². The monoisotopic (exact) mass is 449 g/mol. The maximum Gasteiger partial charge on any atom is 0.269 e. The molecule has 0 bridgehead atoms. The molecule has 4 rings (SSSR count). The van der Waals surface area contributed by atoms with E-state index in [1.165, 1.54) is 28.2 Å². The lowest BCUT2D eigenvalue weighted by Gasteiger charge is -2.04. The van der Waals surface area contributed by atoms with Crippen molar-refractivity contribution in [3.05, 3.63) is 80.1 Å². The highest BCUT2D eigenvalue weighted by molar-refractivity contribution is 7.15. The van der Waals surface area contributed by atoms with Crippen molar-refractivity contribution in [3.8, 4) is 17.0 Å². The van der Waals surface area contributed by atoms with Crippen molar-refractivity contribution < 1.29 is 9.53 Å². The fraction of sp³-hybridized carbons (Fsp3) is 0.208. The van der Waals surface area contributed by atoms with E-state index in [0.717, 1.165) is 33.1 Å². The van der Waals surface area contributed by atoms with Crippen molar-refractivity contribution in [1.82, 2.24) is 9.97 Å². The number of rotatable bonds is 6. The van der Waals surface area contributed by atoms with E-state index in [-0.39, 0.29) is 5.91 Å². The van der Waals surface area contributed by atoms with Crippen LogP contribution in [0.2, 0.25) is 0 Å². The number of carbonyl (C=O) groups is 1. The smallest absolute Gasteiger partial charge is 0.269 e. The number of benzene rings is 2. The predicted molar refractivity (Wildman–Crippen MR) is 127 cm³/mol. The van der Waals surface area contributed by atoms with Gasteiger partial charge in [0.15, 0.2) is 5.13 Å². The van der Waals surface area contributed by atoms with E-state index in [2.05, 4.69) is 47.3 Å². The molecule has 1 amide bonds. The van der Waals surface area contributed by atoms with Crippen molar-refractivity contribution in [2.24, 2.45) is 0 Å². The molecule has 0 atom stereocenters. The van der Waals surface area contributed by atoms with Gasteiger partial charge in [0.25, 0.3) is 5.91 Å². The first kappa shape index (κ1) is 21.2. The molecule has 0 aliphatic carbocycles. The van der Waals surface area contributed by atoms with Gasteiger partial charge in [-0.25, -0.2) is 9.97 Å². The lowest BCUT2D eigenvalue weighted by atomic mass is 10.0. The summed E-state index contributed by atoms with van der Waals surface area (Å²) in [6, 6.07) is 14.2. The summed E-state index contributed by atoms with van der Waals surface area (Å²) >= 11 is 2.77. The van der Waals surface area contributed by atoms with Gasteiger partial charge in [-0.05, 0) is 57.0 Å². The zero-order chi connectivity index (χ0) is 22.0. The highest BCUT2D eigenvalue weighted by Crippen LogP contribution is 2.29. The summed E-state index contributed by atoms with van der Waals surface area (Å²) in [5, 5.41) is 6.22. The number of anilines is 1. The summed E-state index contributed by atoms with van der Waals surface area (Å²) in [5.41, 5.74) is 6.12. The second-order valence-corrected chi connectivity index (χ2v) is 9.38. The van der Waals surface area contributed by atoms with Gasteiger partial charge in [0.2, 0.25) is 0 Å². The highest BCUT2D eigenvalue weighted by Gasteiger charge is 2.18. The van der Waals surface area contributed by atoms with E-state index >= 15 is 0 Å². The Morgan fingerprint density at radius 3 is 2.65 bits per heavy atom. The molecule has 0 spiro atoms. The Morgan fingerprint density at radius 1 is 1.03 bits per heavy atom. The molecule has 0 aliphatic rings. The van der Waals surface area contributed by atoms with Crippen molar-refractivity contribution in [2.45, 2.75) is 34.3 Å². The number of carbonyl (C=O) groups excluding carboxylic acids is 1. The Hall–Kier alpha value is -3.03. The van der Waals surface area contributed by atoms with Crippen LogP contribution >= 0.6 is 22.7 Å². The van der Waals surface area contributed by atoms with E-state index < -0.39 is 0 Å². The van der Waals surface area contributed by atoms with Crippen LogP contribution in [0.4, 0.5) is 5.13 Å². The number of nitrogens with one attached hydrogen (secondary N) is 1. The third kappa shape index (κ3) is 5.00. The van der Waals surface area contributed by atoms with Gasteiger partial charge in [0.05, 0.1) is 11.4 Å². The van der Waals surface area contributed by atoms with Crippen molar-refractivity contribution >= 4 is 33.7 Å². The summed E-state index contributed by atoms with van der Waals surface area (Å²) in [6.45, 7) is 8.31.